The van der Waals surface area contributed by atoms with Crippen molar-refractivity contribution in [2.75, 3.05) is 34.5 Å². The van der Waals surface area contributed by atoms with Crippen LogP contribution in [0, 0.1) is 13.3 Å². The molecule has 1 aliphatic heterocycles. The van der Waals surface area contributed by atoms with Gasteiger partial charge in [-0.2, -0.15) is 13.8 Å². The quantitative estimate of drug-likeness (QED) is 0.322. The number of ether oxygens (including phenoxy) is 2. The minimum atomic E-state index is -0.350. The molecule has 142 valence electrons. The Hall–Kier alpha value is -0.444. The number of esters is 1. The third-order valence-corrected chi connectivity index (χ3v) is 2.36. The van der Waals surface area contributed by atoms with Crippen molar-refractivity contribution < 1.29 is 31.5 Å². The van der Waals surface area contributed by atoms with Crippen LogP contribution in [0.25, 0.3) is 0 Å². The van der Waals surface area contributed by atoms with Gasteiger partial charge in [-0.15, -0.1) is 0 Å². The number of hydrogen-bond acceptors (Lipinski definition) is 6. The Kier molecular flexibility index (Phi) is 33.3. The molecule has 1 aromatic heterocycles. The fourth-order valence-corrected chi connectivity index (χ4v) is 1.22. The number of carbonyl (C=O) groups excluding carboxylic acids is 1. The molecule has 2 rings (SSSR count). The Morgan fingerprint density at radius 2 is 1.72 bits per heavy atom. The average Bonchev–Trinajstić information content (AvgIpc) is 3.15. The van der Waals surface area contributed by atoms with Gasteiger partial charge >= 0.3 is 29.0 Å². The van der Waals surface area contributed by atoms with Crippen molar-refractivity contribution in [1.82, 2.24) is 10.5 Å². The zero-order valence-electron chi connectivity index (χ0n) is 16.3. The molecule has 0 saturated carbocycles. The molecule has 1 N–H and O–H groups in total. The van der Waals surface area contributed by atoms with E-state index in [1.165, 1.54) is 26.1 Å². The SMILES string of the molecule is C1CCOC1.CNOC.COC(=O)c1ccc(C)nc1.C[CH-]C.[Cl-].[Mg+2]. The van der Waals surface area contributed by atoms with Gasteiger partial charge in [-0.05, 0) is 31.9 Å². The van der Waals surface area contributed by atoms with Gasteiger partial charge in [0.1, 0.15) is 0 Å². The molecule has 0 amide bonds. The van der Waals surface area contributed by atoms with E-state index in [9.17, 15) is 4.79 Å². The van der Waals surface area contributed by atoms with Crippen LogP contribution in [0.15, 0.2) is 18.3 Å². The summed E-state index contributed by atoms with van der Waals surface area (Å²) in [7, 11) is 4.63. The van der Waals surface area contributed by atoms with Gasteiger partial charge in [-0.25, -0.2) is 10.3 Å². The van der Waals surface area contributed by atoms with Crippen LogP contribution >= 0.6 is 0 Å². The third kappa shape index (κ3) is 23.6. The molecule has 6 nitrogen and oxygen atoms in total. The van der Waals surface area contributed by atoms with Gasteiger partial charge in [0.2, 0.25) is 0 Å². The number of nitrogens with one attached hydrogen (secondary N) is 1. The summed E-state index contributed by atoms with van der Waals surface area (Å²) in [6.07, 6.45) is 6.06. The van der Waals surface area contributed by atoms with E-state index < -0.39 is 0 Å². The standard InChI is InChI=1S/C8H9NO2.C4H8O.C3H7.C2H7NO.ClH.Mg/c1-6-3-4-7(5-9-6)8(10)11-2;1-2-4-5-3-1;1-3-2;1-3-4-2;;/h3-5H,1-2H3;1-4H2;3H,1-2H3;3H,1-2H3;1H;/q;;-1;;;+2/p-1. The molecule has 1 fully saturated rings. The van der Waals surface area contributed by atoms with Gasteiger partial charge in [0.05, 0.1) is 19.8 Å². The second-order valence-corrected chi connectivity index (χ2v) is 4.48. The largest absolute Gasteiger partial charge is 2.00 e. The van der Waals surface area contributed by atoms with Crippen LogP contribution in [0.4, 0.5) is 0 Å². The third-order valence-electron chi connectivity index (χ3n) is 2.36. The maximum Gasteiger partial charge on any atom is 2.00 e. The zero-order chi connectivity index (χ0) is 17.9. The van der Waals surface area contributed by atoms with E-state index in [0.29, 0.717) is 5.56 Å². The number of pyridine rings is 1. The Labute approximate surface area is 174 Å². The Balaban J connectivity index is -0.000000133. The first-order chi connectivity index (χ1) is 11.1. The summed E-state index contributed by atoms with van der Waals surface area (Å²) >= 11 is 0. The first-order valence-electron chi connectivity index (χ1n) is 7.59. The number of carbonyl (C=O) groups is 1. The first kappa shape index (κ1) is 32.2. The molecular weight excluding hydrogens is 356 g/mol. The fourth-order valence-electron chi connectivity index (χ4n) is 1.22. The summed E-state index contributed by atoms with van der Waals surface area (Å²) in [4.78, 5) is 19.1. The maximum atomic E-state index is 10.9. The summed E-state index contributed by atoms with van der Waals surface area (Å²) in [6.45, 7) is 7.86. The smallest absolute Gasteiger partial charge is 1.00 e. The molecule has 1 saturated heterocycles. The molecule has 1 aromatic rings. The second kappa shape index (κ2) is 25.8. The minimum absolute atomic E-state index is 0. The second-order valence-electron chi connectivity index (χ2n) is 4.48. The van der Waals surface area contributed by atoms with Gasteiger partial charge in [0.15, 0.2) is 0 Å². The van der Waals surface area contributed by atoms with Gasteiger partial charge < -0.3 is 33.1 Å². The molecule has 0 aromatic carbocycles. The molecule has 0 aliphatic carbocycles. The first-order valence-corrected chi connectivity index (χ1v) is 7.59. The number of hydroxylamine groups is 1. The van der Waals surface area contributed by atoms with Gasteiger partial charge in [-0.1, -0.05) is 0 Å². The van der Waals surface area contributed by atoms with Gasteiger partial charge in [0, 0.05) is 32.2 Å². The van der Waals surface area contributed by atoms with E-state index in [-0.39, 0.29) is 41.4 Å². The van der Waals surface area contributed by atoms with E-state index in [1.54, 1.807) is 26.3 Å². The number of nitrogens with zero attached hydrogens (tertiary/aromatic N) is 1. The van der Waals surface area contributed by atoms with Crippen molar-refractivity contribution in [3.63, 3.8) is 0 Å². The molecule has 0 unspecified atom stereocenters. The van der Waals surface area contributed by atoms with Crippen LogP contribution in [0.3, 0.4) is 0 Å². The van der Waals surface area contributed by atoms with Crippen LogP contribution < -0.4 is 17.9 Å². The van der Waals surface area contributed by atoms with Crippen molar-refractivity contribution in [3.8, 4) is 0 Å². The van der Waals surface area contributed by atoms with Crippen LogP contribution in [0.5, 0.6) is 0 Å². The molecule has 8 heteroatoms. The van der Waals surface area contributed by atoms with Crippen molar-refractivity contribution in [3.05, 3.63) is 36.0 Å². The summed E-state index contributed by atoms with van der Waals surface area (Å²) in [6, 6.07) is 3.46. The monoisotopic (exact) mass is 386 g/mol. The number of halogens is 1. The Bertz CT molecular complexity index is 368. The predicted molar refractivity (Wildman–Crippen MR) is 97.8 cm³/mol. The van der Waals surface area contributed by atoms with Crippen molar-refractivity contribution in [1.29, 1.82) is 0 Å². The van der Waals surface area contributed by atoms with E-state index in [2.05, 4.69) is 20.0 Å². The minimum Gasteiger partial charge on any atom is -1.00 e. The topological polar surface area (TPSA) is 69.7 Å². The molecule has 2 heterocycles. The van der Waals surface area contributed by atoms with Crippen LogP contribution in [0.1, 0.15) is 42.7 Å². The van der Waals surface area contributed by atoms with Crippen molar-refractivity contribution in [2.24, 2.45) is 0 Å². The number of aromatic nitrogens is 1. The van der Waals surface area contributed by atoms with Crippen LogP contribution in [0.2, 0.25) is 0 Å². The molecule has 1 aliphatic rings. The Morgan fingerprint density at radius 1 is 1.24 bits per heavy atom. The molecule has 0 radical (unpaired) electrons. The summed E-state index contributed by atoms with van der Waals surface area (Å²) in [5.74, 6) is -0.350. The van der Waals surface area contributed by atoms with Crippen molar-refractivity contribution >= 4 is 29.0 Å². The van der Waals surface area contributed by atoms with Crippen LogP contribution in [-0.2, 0) is 14.3 Å². The molecule has 0 bridgehead atoms. The molecule has 0 spiro atoms. The van der Waals surface area contributed by atoms with Gasteiger partial charge in [0.25, 0.3) is 0 Å². The summed E-state index contributed by atoms with van der Waals surface area (Å²) in [5, 5.41) is 0. The van der Waals surface area contributed by atoms with Gasteiger partial charge in [-0.3, -0.25) is 4.98 Å². The van der Waals surface area contributed by atoms with E-state index >= 15 is 0 Å². The number of aryl methyl sites for hydroxylation is 1. The average molecular weight is 387 g/mol. The fraction of sp³-hybridized carbons (Fsp3) is 0.588. The van der Waals surface area contributed by atoms with E-state index in [4.69, 9.17) is 4.74 Å². The number of methoxy groups -OCH3 is 1. The van der Waals surface area contributed by atoms with E-state index in [0.717, 1.165) is 18.9 Å². The van der Waals surface area contributed by atoms with Crippen molar-refractivity contribution in [2.45, 2.75) is 33.6 Å². The molecule has 0 atom stereocenters. The van der Waals surface area contributed by atoms with Crippen LogP contribution in [-0.4, -0.2) is 68.5 Å². The molecular formula is C17H31ClMgN2O4. The number of rotatable bonds is 2. The predicted octanol–water partition coefficient (Wildman–Crippen LogP) is -0.406. The summed E-state index contributed by atoms with van der Waals surface area (Å²) < 4.78 is 9.44. The normalized spacial score (nSPS) is 10.8. The van der Waals surface area contributed by atoms with E-state index in [1.807, 2.05) is 27.2 Å². The number of hydrogen-bond donors (Lipinski definition) is 1. The Morgan fingerprint density at radius 3 is 1.96 bits per heavy atom. The molecule has 25 heavy (non-hydrogen) atoms. The maximum absolute atomic E-state index is 10.9. The summed E-state index contributed by atoms with van der Waals surface area (Å²) in [5.41, 5.74) is 3.80. The zero-order valence-corrected chi connectivity index (χ0v) is 18.5.